The predicted octanol–water partition coefficient (Wildman–Crippen LogP) is 5.03. The van der Waals surface area contributed by atoms with Crippen molar-refractivity contribution in [3.63, 3.8) is 0 Å². The summed E-state index contributed by atoms with van der Waals surface area (Å²) >= 11 is 1.46. The van der Waals surface area contributed by atoms with E-state index in [4.69, 9.17) is 0 Å². The largest absolute Gasteiger partial charge is 0.311 e. The van der Waals surface area contributed by atoms with Crippen molar-refractivity contribution < 1.29 is 14.0 Å². The van der Waals surface area contributed by atoms with Crippen molar-refractivity contribution in [2.45, 2.75) is 25.3 Å². The van der Waals surface area contributed by atoms with Gasteiger partial charge in [-0.05, 0) is 37.6 Å². The number of halogens is 1. The van der Waals surface area contributed by atoms with Crippen LogP contribution in [0.2, 0.25) is 0 Å². The lowest BCUT2D eigenvalue weighted by atomic mass is 10.0. The van der Waals surface area contributed by atoms with E-state index in [0.29, 0.717) is 18.8 Å². The van der Waals surface area contributed by atoms with Crippen LogP contribution in [0.5, 0.6) is 0 Å². The number of thioether (sulfide) groups is 1. The van der Waals surface area contributed by atoms with E-state index in [1.807, 2.05) is 50.2 Å². The first-order chi connectivity index (χ1) is 15.4. The van der Waals surface area contributed by atoms with E-state index < -0.39 is 16.6 Å². The van der Waals surface area contributed by atoms with Gasteiger partial charge in [0.25, 0.3) is 11.8 Å². The Morgan fingerprint density at radius 1 is 1.03 bits per heavy atom. The molecule has 162 valence electrons. The van der Waals surface area contributed by atoms with Gasteiger partial charge in [-0.15, -0.1) is 11.8 Å². The molecule has 1 atom stereocenters. The molecule has 32 heavy (non-hydrogen) atoms. The molecular formula is C26H23FN2O2S. The molecule has 1 saturated heterocycles. The Morgan fingerprint density at radius 3 is 2.59 bits per heavy atom. The maximum Gasteiger partial charge on any atom is 0.268 e. The molecule has 0 bridgehead atoms. The Bertz CT molecular complexity index is 1240. The number of carbonyl (C=O) groups excluding carboxylic acids is 2. The van der Waals surface area contributed by atoms with Gasteiger partial charge in [0.05, 0.1) is 17.8 Å². The summed E-state index contributed by atoms with van der Waals surface area (Å²) < 4.78 is 14.5. The quantitative estimate of drug-likeness (QED) is 0.567. The lowest BCUT2D eigenvalue weighted by Crippen LogP contribution is -2.50. The second kappa shape index (κ2) is 7.78. The average molecular weight is 447 g/mol. The highest BCUT2D eigenvalue weighted by Gasteiger charge is 2.59. The summed E-state index contributed by atoms with van der Waals surface area (Å²) in [5.74, 6) is -0.563. The minimum Gasteiger partial charge on any atom is -0.311 e. The number of hydrogen-bond donors (Lipinski definition) is 0. The number of nitrogens with zero attached hydrogens (tertiary/aromatic N) is 2. The molecule has 0 N–H and O–H groups in total. The molecule has 0 aliphatic carbocycles. The molecule has 0 unspecified atom stereocenters. The molecule has 0 aromatic heterocycles. The first-order valence-electron chi connectivity index (χ1n) is 10.6. The molecule has 6 heteroatoms. The number of hydrogen-bond acceptors (Lipinski definition) is 3. The van der Waals surface area contributed by atoms with Crippen LogP contribution in [-0.4, -0.2) is 29.0 Å². The van der Waals surface area contributed by atoms with Crippen molar-refractivity contribution >= 4 is 29.3 Å². The zero-order chi connectivity index (χ0) is 22.5. The number of anilines is 1. The monoisotopic (exact) mass is 446 g/mol. The molecule has 4 nitrogen and oxygen atoms in total. The summed E-state index contributed by atoms with van der Waals surface area (Å²) in [7, 11) is 0. The van der Waals surface area contributed by atoms with Gasteiger partial charge in [0, 0.05) is 17.9 Å². The normalized spacial score (nSPS) is 19.7. The fraction of sp³-hybridized carbons (Fsp3) is 0.231. The van der Waals surface area contributed by atoms with Gasteiger partial charge in [-0.3, -0.25) is 9.59 Å². The van der Waals surface area contributed by atoms with Crippen LogP contribution in [0, 0.1) is 19.7 Å². The molecule has 1 spiro atoms. The molecule has 0 saturated carbocycles. The number of carbonyl (C=O) groups is 2. The second-order valence-corrected chi connectivity index (χ2v) is 9.62. The molecule has 3 aromatic carbocycles. The van der Waals surface area contributed by atoms with Crippen molar-refractivity contribution in [3.8, 4) is 0 Å². The smallest absolute Gasteiger partial charge is 0.268 e. The van der Waals surface area contributed by atoms with E-state index in [-0.39, 0.29) is 11.5 Å². The van der Waals surface area contributed by atoms with Crippen molar-refractivity contribution in [2.75, 3.05) is 17.2 Å². The van der Waals surface area contributed by atoms with E-state index in [0.717, 1.165) is 27.9 Å². The van der Waals surface area contributed by atoms with E-state index >= 15 is 0 Å². The Kier molecular flexibility index (Phi) is 5.05. The maximum atomic E-state index is 14.5. The highest BCUT2D eigenvalue weighted by molar-refractivity contribution is 8.01. The number of aryl methyl sites for hydroxylation is 2. The fourth-order valence-corrected chi connectivity index (χ4v) is 6.11. The highest BCUT2D eigenvalue weighted by atomic mass is 32.2. The third-order valence-corrected chi connectivity index (χ3v) is 7.54. The summed E-state index contributed by atoms with van der Waals surface area (Å²) in [6, 6.07) is 20.0. The lowest BCUT2D eigenvalue weighted by molar-refractivity contribution is -0.123. The summed E-state index contributed by atoms with van der Waals surface area (Å²) in [5.41, 5.74) is 4.77. The van der Waals surface area contributed by atoms with Crippen LogP contribution in [-0.2, 0) is 16.2 Å². The van der Waals surface area contributed by atoms with Crippen LogP contribution in [0.3, 0.4) is 0 Å². The molecule has 2 heterocycles. The van der Waals surface area contributed by atoms with E-state index in [1.54, 1.807) is 21.9 Å². The summed E-state index contributed by atoms with van der Waals surface area (Å²) in [4.78, 5) is 29.7. The molecule has 0 radical (unpaired) electrons. The van der Waals surface area contributed by atoms with Crippen LogP contribution >= 0.6 is 11.8 Å². The number of fused-ring (bicyclic) bond motifs is 2. The first kappa shape index (κ1) is 20.8. The zero-order valence-electron chi connectivity index (χ0n) is 18.0. The van der Waals surface area contributed by atoms with Gasteiger partial charge in [-0.25, -0.2) is 4.39 Å². The Morgan fingerprint density at radius 2 is 1.81 bits per heavy atom. The van der Waals surface area contributed by atoms with Gasteiger partial charge < -0.3 is 9.80 Å². The fourth-order valence-electron chi connectivity index (χ4n) is 4.66. The van der Waals surface area contributed by atoms with Crippen molar-refractivity contribution in [2.24, 2.45) is 0 Å². The second-order valence-electron chi connectivity index (χ2n) is 8.33. The number of benzene rings is 3. The van der Waals surface area contributed by atoms with Gasteiger partial charge in [-0.2, -0.15) is 0 Å². The van der Waals surface area contributed by atoms with E-state index in [9.17, 15) is 14.0 Å². The number of rotatable bonds is 3. The Hall–Kier alpha value is -3.12. The Labute approximate surface area is 191 Å². The molecule has 2 aliphatic heterocycles. The molecule has 1 fully saturated rings. The molecule has 3 aromatic rings. The van der Waals surface area contributed by atoms with Crippen molar-refractivity contribution in [1.82, 2.24) is 4.90 Å². The van der Waals surface area contributed by atoms with Crippen LogP contribution < -0.4 is 4.90 Å². The minimum absolute atomic E-state index is 0.00601. The van der Waals surface area contributed by atoms with Crippen LogP contribution in [0.1, 0.15) is 32.6 Å². The Balaban J connectivity index is 1.61. The minimum atomic E-state index is -1.18. The molecule has 2 aliphatic rings. The van der Waals surface area contributed by atoms with E-state index in [2.05, 4.69) is 6.07 Å². The summed E-state index contributed by atoms with van der Waals surface area (Å²) in [6.45, 7) is 4.80. The maximum absolute atomic E-state index is 14.5. The summed E-state index contributed by atoms with van der Waals surface area (Å²) in [5, 5.41) is 0. The topological polar surface area (TPSA) is 40.6 Å². The molecule has 2 amide bonds. The third kappa shape index (κ3) is 3.13. The van der Waals surface area contributed by atoms with E-state index in [1.165, 1.54) is 23.9 Å². The molecular weight excluding hydrogens is 423 g/mol. The van der Waals surface area contributed by atoms with Crippen molar-refractivity contribution in [1.29, 1.82) is 0 Å². The van der Waals surface area contributed by atoms with Crippen LogP contribution in [0.15, 0.2) is 66.7 Å². The number of amides is 2. The van der Waals surface area contributed by atoms with Crippen molar-refractivity contribution in [3.05, 3.63) is 100 Å². The SMILES string of the molecule is Cc1cccc(CN2C(=O)[C@@]3(SCCN3C(=O)c3ccccc3F)c3cc(C)ccc32)c1. The van der Waals surface area contributed by atoms with Gasteiger partial charge in [0.1, 0.15) is 5.82 Å². The lowest BCUT2D eigenvalue weighted by Gasteiger charge is -2.33. The zero-order valence-corrected chi connectivity index (χ0v) is 18.8. The average Bonchev–Trinajstić information content (AvgIpc) is 3.31. The predicted molar refractivity (Wildman–Crippen MR) is 125 cm³/mol. The van der Waals surface area contributed by atoms with Crippen LogP contribution in [0.25, 0.3) is 0 Å². The van der Waals surface area contributed by atoms with Gasteiger partial charge in [-0.1, -0.05) is 59.7 Å². The standard InChI is InChI=1S/C26H23FN2O2S/c1-17-6-5-7-19(14-17)16-28-23-11-10-18(2)15-21(23)26(25(28)31)29(12-13-32-26)24(30)20-8-3-4-9-22(20)27/h3-11,14-15H,12-13,16H2,1-2H3/t26-/m0/s1. The summed E-state index contributed by atoms with van der Waals surface area (Å²) in [6.07, 6.45) is 0. The molecule has 5 rings (SSSR count). The third-order valence-electron chi connectivity index (χ3n) is 6.12. The van der Waals surface area contributed by atoms with Gasteiger partial charge >= 0.3 is 0 Å². The van der Waals surface area contributed by atoms with Gasteiger partial charge in [0.2, 0.25) is 0 Å². The first-order valence-corrected chi connectivity index (χ1v) is 11.6. The van der Waals surface area contributed by atoms with Gasteiger partial charge in [0.15, 0.2) is 4.87 Å². The van der Waals surface area contributed by atoms with Crippen LogP contribution in [0.4, 0.5) is 10.1 Å². The highest BCUT2D eigenvalue weighted by Crippen LogP contribution is 2.55.